The van der Waals surface area contributed by atoms with Crippen molar-refractivity contribution in [3.05, 3.63) is 64.9 Å². The summed E-state index contributed by atoms with van der Waals surface area (Å²) in [6, 6.07) is 14.4. The summed E-state index contributed by atoms with van der Waals surface area (Å²) in [5.74, 6) is 5.96. The van der Waals surface area contributed by atoms with Gasteiger partial charge in [-0.05, 0) is 42.7 Å². The van der Waals surface area contributed by atoms with Gasteiger partial charge in [0.1, 0.15) is 11.6 Å². The van der Waals surface area contributed by atoms with Gasteiger partial charge >= 0.3 is 0 Å². The van der Waals surface area contributed by atoms with E-state index < -0.39 is 5.82 Å². The first-order chi connectivity index (χ1) is 10.2. The number of halogens is 2. The van der Waals surface area contributed by atoms with E-state index in [4.69, 9.17) is 22.2 Å². The Hall–Kier alpha value is -1.62. The monoisotopic (exact) mass is 308 g/mol. The summed E-state index contributed by atoms with van der Waals surface area (Å²) < 4.78 is 19.0. The van der Waals surface area contributed by atoms with Crippen molar-refractivity contribution in [2.24, 2.45) is 5.84 Å². The zero-order chi connectivity index (χ0) is 15.1. The Bertz CT molecular complexity index is 565. The highest BCUT2D eigenvalue weighted by atomic mass is 35.5. The summed E-state index contributed by atoms with van der Waals surface area (Å²) in [4.78, 5) is 0. The quantitative estimate of drug-likeness (QED) is 0.609. The van der Waals surface area contributed by atoms with Crippen molar-refractivity contribution in [3.8, 4) is 5.75 Å². The standard InChI is InChI=1S/C16H18ClFN2O/c17-15-7-6-12(11-16(15)18)10-13(20-19)8-9-21-14-4-2-1-3-5-14/h1-7,11,13,20H,8-10,19H2. The molecule has 112 valence electrons. The summed E-state index contributed by atoms with van der Waals surface area (Å²) in [6.45, 7) is 0.537. The topological polar surface area (TPSA) is 47.3 Å². The first kappa shape index (κ1) is 15.8. The number of hydrogen-bond acceptors (Lipinski definition) is 3. The smallest absolute Gasteiger partial charge is 0.142 e. The fourth-order valence-electron chi connectivity index (χ4n) is 2.03. The van der Waals surface area contributed by atoms with Gasteiger partial charge in [0, 0.05) is 6.04 Å². The highest BCUT2D eigenvalue weighted by Gasteiger charge is 2.10. The molecule has 0 aliphatic heterocycles. The van der Waals surface area contributed by atoms with E-state index in [0.29, 0.717) is 13.0 Å². The molecule has 3 nitrogen and oxygen atoms in total. The van der Waals surface area contributed by atoms with Crippen LogP contribution >= 0.6 is 11.6 Å². The minimum absolute atomic E-state index is 0.00860. The van der Waals surface area contributed by atoms with Gasteiger partial charge in [-0.15, -0.1) is 0 Å². The molecule has 0 heterocycles. The van der Waals surface area contributed by atoms with Crippen LogP contribution in [-0.2, 0) is 6.42 Å². The van der Waals surface area contributed by atoms with E-state index in [1.807, 2.05) is 30.3 Å². The third kappa shape index (κ3) is 5.01. The van der Waals surface area contributed by atoms with Crippen LogP contribution in [0.25, 0.3) is 0 Å². The van der Waals surface area contributed by atoms with Crippen LogP contribution in [0.15, 0.2) is 48.5 Å². The summed E-state index contributed by atoms with van der Waals surface area (Å²) in [7, 11) is 0. The zero-order valence-corrected chi connectivity index (χ0v) is 12.3. The average Bonchev–Trinajstić information content (AvgIpc) is 2.51. The molecule has 0 spiro atoms. The van der Waals surface area contributed by atoms with Crippen molar-refractivity contribution in [3.63, 3.8) is 0 Å². The maximum absolute atomic E-state index is 13.4. The van der Waals surface area contributed by atoms with Gasteiger partial charge < -0.3 is 4.74 Å². The number of rotatable bonds is 7. The number of para-hydroxylation sites is 1. The van der Waals surface area contributed by atoms with E-state index in [1.54, 1.807) is 12.1 Å². The lowest BCUT2D eigenvalue weighted by Crippen LogP contribution is -2.37. The van der Waals surface area contributed by atoms with Crippen molar-refractivity contribution < 1.29 is 9.13 Å². The maximum Gasteiger partial charge on any atom is 0.142 e. The summed E-state index contributed by atoms with van der Waals surface area (Å²) in [5, 5.41) is 0.128. The lowest BCUT2D eigenvalue weighted by Gasteiger charge is -2.16. The lowest BCUT2D eigenvalue weighted by molar-refractivity contribution is 0.285. The van der Waals surface area contributed by atoms with Gasteiger partial charge in [0.2, 0.25) is 0 Å². The third-order valence-electron chi connectivity index (χ3n) is 3.18. The first-order valence-corrected chi connectivity index (χ1v) is 7.14. The third-order valence-corrected chi connectivity index (χ3v) is 3.49. The molecule has 0 aromatic heterocycles. The predicted molar refractivity (Wildman–Crippen MR) is 82.8 cm³/mol. The second-order valence-electron chi connectivity index (χ2n) is 4.77. The molecule has 1 atom stereocenters. The Morgan fingerprint density at radius 3 is 2.62 bits per heavy atom. The Kier molecular flexibility index (Phi) is 5.99. The summed E-state index contributed by atoms with van der Waals surface area (Å²) >= 11 is 5.67. The largest absolute Gasteiger partial charge is 0.494 e. The van der Waals surface area contributed by atoms with E-state index in [1.165, 1.54) is 6.07 Å². The van der Waals surface area contributed by atoms with Crippen LogP contribution in [0.3, 0.4) is 0 Å². The Morgan fingerprint density at radius 1 is 1.19 bits per heavy atom. The minimum atomic E-state index is -0.412. The van der Waals surface area contributed by atoms with Crippen LogP contribution in [0.4, 0.5) is 4.39 Å². The van der Waals surface area contributed by atoms with Crippen LogP contribution in [0.1, 0.15) is 12.0 Å². The molecule has 21 heavy (non-hydrogen) atoms. The molecule has 0 radical (unpaired) electrons. The molecule has 0 aliphatic carbocycles. The highest BCUT2D eigenvalue weighted by molar-refractivity contribution is 6.30. The highest BCUT2D eigenvalue weighted by Crippen LogP contribution is 2.17. The zero-order valence-electron chi connectivity index (χ0n) is 11.6. The van der Waals surface area contributed by atoms with E-state index in [0.717, 1.165) is 17.7 Å². The number of hydrogen-bond donors (Lipinski definition) is 2. The van der Waals surface area contributed by atoms with Crippen LogP contribution in [0.2, 0.25) is 5.02 Å². The molecular weight excluding hydrogens is 291 g/mol. The second-order valence-corrected chi connectivity index (χ2v) is 5.17. The van der Waals surface area contributed by atoms with E-state index in [-0.39, 0.29) is 11.1 Å². The van der Waals surface area contributed by atoms with Crippen LogP contribution < -0.4 is 16.0 Å². The molecular formula is C16H18ClFN2O. The first-order valence-electron chi connectivity index (χ1n) is 6.77. The van der Waals surface area contributed by atoms with Gasteiger partial charge in [0.25, 0.3) is 0 Å². The fourth-order valence-corrected chi connectivity index (χ4v) is 2.15. The number of nitrogens with one attached hydrogen (secondary N) is 1. The molecule has 0 amide bonds. The number of hydrazine groups is 1. The molecule has 2 aromatic carbocycles. The molecule has 1 unspecified atom stereocenters. The van der Waals surface area contributed by atoms with Crippen LogP contribution in [0, 0.1) is 5.82 Å². The van der Waals surface area contributed by atoms with Gasteiger partial charge in [-0.3, -0.25) is 11.3 Å². The maximum atomic E-state index is 13.4. The van der Waals surface area contributed by atoms with E-state index >= 15 is 0 Å². The van der Waals surface area contributed by atoms with Crippen molar-refractivity contribution >= 4 is 11.6 Å². The molecule has 0 fully saturated rings. The van der Waals surface area contributed by atoms with Crippen LogP contribution in [0.5, 0.6) is 5.75 Å². The molecule has 3 N–H and O–H groups in total. The Labute approximate surface area is 128 Å². The fraction of sp³-hybridized carbons (Fsp3) is 0.250. The van der Waals surface area contributed by atoms with Crippen molar-refractivity contribution in [2.75, 3.05) is 6.61 Å². The second kappa shape index (κ2) is 7.98. The van der Waals surface area contributed by atoms with Gasteiger partial charge in [-0.1, -0.05) is 35.9 Å². The van der Waals surface area contributed by atoms with Crippen molar-refractivity contribution in [1.29, 1.82) is 0 Å². The van der Waals surface area contributed by atoms with Crippen molar-refractivity contribution in [2.45, 2.75) is 18.9 Å². The van der Waals surface area contributed by atoms with Crippen molar-refractivity contribution in [1.82, 2.24) is 5.43 Å². The summed E-state index contributed by atoms with van der Waals surface area (Å²) in [6.07, 6.45) is 1.33. The SMILES string of the molecule is NNC(CCOc1ccccc1)Cc1ccc(Cl)c(F)c1. The molecule has 2 rings (SSSR count). The minimum Gasteiger partial charge on any atom is -0.494 e. The van der Waals surface area contributed by atoms with E-state index in [2.05, 4.69) is 5.43 Å². The van der Waals surface area contributed by atoms with Gasteiger partial charge in [0.15, 0.2) is 0 Å². The Balaban J connectivity index is 1.84. The molecule has 2 aromatic rings. The molecule has 0 saturated carbocycles. The molecule has 5 heteroatoms. The Morgan fingerprint density at radius 2 is 1.95 bits per heavy atom. The number of nitrogens with two attached hydrogens (primary N) is 1. The van der Waals surface area contributed by atoms with Gasteiger partial charge in [0.05, 0.1) is 11.6 Å². The molecule has 0 saturated heterocycles. The summed E-state index contributed by atoms with van der Waals surface area (Å²) in [5.41, 5.74) is 3.58. The van der Waals surface area contributed by atoms with Gasteiger partial charge in [-0.25, -0.2) is 4.39 Å². The van der Waals surface area contributed by atoms with Gasteiger partial charge in [-0.2, -0.15) is 0 Å². The number of benzene rings is 2. The molecule has 0 bridgehead atoms. The molecule has 0 aliphatic rings. The predicted octanol–water partition coefficient (Wildman–Crippen LogP) is 3.32. The lowest BCUT2D eigenvalue weighted by atomic mass is 10.0. The van der Waals surface area contributed by atoms with Crippen LogP contribution in [-0.4, -0.2) is 12.6 Å². The normalized spacial score (nSPS) is 12.1. The van der Waals surface area contributed by atoms with E-state index in [9.17, 15) is 4.39 Å². The average molecular weight is 309 g/mol. The number of ether oxygens (including phenoxy) is 1.